The summed E-state index contributed by atoms with van der Waals surface area (Å²) in [6.07, 6.45) is 5.79. The van der Waals surface area contributed by atoms with E-state index in [0.29, 0.717) is 0 Å². The first-order chi connectivity index (χ1) is 28.3. The van der Waals surface area contributed by atoms with Gasteiger partial charge in [0.2, 0.25) is 0 Å². The highest BCUT2D eigenvalue weighted by Gasteiger charge is 2.48. The van der Waals surface area contributed by atoms with Crippen LogP contribution >= 0.6 is 11.8 Å². The Morgan fingerprint density at radius 3 is 2.07 bits per heavy atom. The fourth-order valence-electron chi connectivity index (χ4n) is 9.31. The Kier molecular flexibility index (Phi) is 7.11. The summed E-state index contributed by atoms with van der Waals surface area (Å²) in [4.78, 5) is 12.5. The summed E-state index contributed by atoms with van der Waals surface area (Å²) in [6.45, 7) is 0. The molecule has 0 amide bonds. The van der Waals surface area contributed by atoms with Crippen molar-refractivity contribution in [1.82, 2.24) is 18.9 Å². The normalized spacial score (nSPS) is 13.3. The van der Waals surface area contributed by atoms with Gasteiger partial charge in [0.25, 0.3) is 0 Å². The zero-order valence-corrected chi connectivity index (χ0v) is 32.4. The fourth-order valence-corrected chi connectivity index (χ4v) is 16.5. The van der Waals surface area contributed by atoms with Gasteiger partial charge in [-0.1, -0.05) is 121 Å². The summed E-state index contributed by atoms with van der Waals surface area (Å²) in [5.41, 5.74) is 5.15. The molecule has 1 aliphatic heterocycles. The number of ether oxygens (including phenoxy) is 1. The summed E-state index contributed by atoms with van der Waals surface area (Å²) in [6, 6.07) is 63.7. The van der Waals surface area contributed by atoms with E-state index < -0.39 is 8.07 Å². The number of aromatic nitrogens is 4. The van der Waals surface area contributed by atoms with Crippen LogP contribution < -0.4 is 25.5 Å². The minimum atomic E-state index is -2.91. The van der Waals surface area contributed by atoms with Gasteiger partial charge in [-0.3, -0.25) is 8.97 Å². The third kappa shape index (κ3) is 4.70. The van der Waals surface area contributed by atoms with Crippen molar-refractivity contribution in [3.8, 4) is 17.2 Å². The molecule has 0 spiro atoms. The molecule has 0 radical (unpaired) electrons. The maximum absolute atomic E-state index is 6.76. The minimum Gasteiger partial charge on any atom is -0.457 e. The molecule has 5 heterocycles. The fraction of sp³-hybridized carbons (Fsp3) is 0. The number of pyridine rings is 2. The van der Waals surface area contributed by atoms with E-state index in [9.17, 15) is 0 Å². The Bertz CT molecular complexity index is 3340. The zero-order valence-electron chi connectivity index (χ0n) is 30.6. The molecule has 0 saturated heterocycles. The van der Waals surface area contributed by atoms with E-state index in [1.807, 2.05) is 42.5 Å². The van der Waals surface area contributed by atoms with Crippen LogP contribution in [0.5, 0.6) is 11.5 Å². The lowest BCUT2D eigenvalue weighted by atomic mass is 10.1. The minimum absolute atomic E-state index is 0.747. The lowest BCUT2D eigenvalue weighted by molar-refractivity contribution is 0.483. The van der Waals surface area contributed by atoms with Crippen LogP contribution in [-0.2, 0) is 0 Å². The highest BCUT2D eigenvalue weighted by Crippen LogP contribution is 2.40. The molecule has 0 unspecified atom stereocenters. The molecule has 0 atom stereocenters. The van der Waals surface area contributed by atoms with E-state index in [0.717, 1.165) is 50.2 Å². The molecular formula is C50H32N4OSSi. The zero-order chi connectivity index (χ0) is 37.5. The van der Waals surface area contributed by atoms with Crippen molar-refractivity contribution < 1.29 is 4.74 Å². The molecule has 12 rings (SSSR count). The molecular weight excluding hydrogens is 733 g/mol. The Hall–Kier alpha value is -6.93. The monoisotopic (exact) mass is 764 g/mol. The van der Waals surface area contributed by atoms with Crippen molar-refractivity contribution in [2.24, 2.45) is 0 Å². The number of para-hydroxylation sites is 1. The number of benzene rings is 7. The standard InChI is InChI=1S/C50H32N4OSSi/c1-3-15-36(16-4-1)57(37-17-5-2-6-18-37)46-23-10-9-22-44(46)56-45-27-26-40-41-20-12-28-51-50(41)54(47(40)48(45)57)33-13-11-14-34(31-33)55-35-24-25-38-39-19-7-8-21-43(39)53-30-29-52-49(53)42(38)32-35/h1-32H. The van der Waals surface area contributed by atoms with Crippen molar-refractivity contribution in [2.75, 3.05) is 0 Å². The molecule has 4 aromatic heterocycles. The number of hydrogen-bond donors (Lipinski definition) is 0. The van der Waals surface area contributed by atoms with Crippen LogP contribution in [-0.4, -0.2) is 27.0 Å². The smallest absolute Gasteiger partial charge is 0.184 e. The predicted molar refractivity (Wildman–Crippen MR) is 237 cm³/mol. The molecule has 5 nitrogen and oxygen atoms in total. The first kappa shape index (κ1) is 32.3. The Morgan fingerprint density at radius 1 is 0.491 bits per heavy atom. The summed E-state index contributed by atoms with van der Waals surface area (Å²) in [5, 5.41) is 11.2. The van der Waals surface area contributed by atoms with Crippen LogP contribution in [0.15, 0.2) is 204 Å². The summed E-state index contributed by atoms with van der Waals surface area (Å²) in [7, 11) is -2.91. The first-order valence-electron chi connectivity index (χ1n) is 19.1. The number of imidazole rings is 1. The van der Waals surface area contributed by atoms with E-state index in [2.05, 4.69) is 173 Å². The Morgan fingerprint density at radius 2 is 1.21 bits per heavy atom. The van der Waals surface area contributed by atoms with Crippen molar-refractivity contribution in [2.45, 2.75) is 9.79 Å². The number of hydrogen-bond acceptors (Lipinski definition) is 4. The lowest BCUT2D eigenvalue weighted by Gasteiger charge is -2.40. The van der Waals surface area contributed by atoms with E-state index >= 15 is 0 Å². The molecule has 1 aliphatic rings. The van der Waals surface area contributed by atoms with Crippen LogP contribution in [0.2, 0.25) is 0 Å². The first-order valence-corrected chi connectivity index (χ1v) is 22.0. The predicted octanol–water partition coefficient (Wildman–Crippen LogP) is 9.77. The van der Waals surface area contributed by atoms with Crippen LogP contribution in [0.1, 0.15) is 0 Å². The second-order valence-electron chi connectivity index (χ2n) is 14.6. The van der Waals surface area contributed by atoms with Gasteiger partial charge in [0, 0.05) is 56.0 Å². The quantitative estimate of drug-likeness (QED) is 0.129. The maximum atomic E-state index is 6.76. The molecule has 0 fully saturated rings. The van der Waals surface area contributed by atoms with Crippen molar-refractivity contribution in [3.05, 3.63) is 195 Å². The van der Waals surface area contributed by atoms with Crippen LogP contribution in [0.25, 0.3) is 54.9 Å². The summed E-state index contributed by atoms with van der Waals surface area (Å²) < 4.78 is 11.3. The van der Waals surface area contributed by atoms with E-state index in [4.69, 9.17) is 14.7 Å². The van der Waals surface area contributed by atoms with Crippen LogP contribution in [0.3, 0.4) is 0 Å². The maximum Gasteiger partial charge on any atom is 0.184 e. The topological polar surface area (TPSA) is 44.4 Å². The highest BCUT2D eigenvalue weighted by atomic mass is 32.2. The van der Waals surface area contributed by atoms with Gasteiger partial charge < -0.3 is 4.74 Å². The number of fused-ring (bicyclic) bond motifs is 12. The Labute approximate surface area is 333 Å². The third-order valence-corrected chi connectivity index (χ3v) is 18.0. The van der Waals surface area contributed by atoms with E-state index in [1.54, 1.807) is 0 Å². The van der Waals surface area contributed by atoms with Gasteiger partial charge in [0.1, 0.15) is 22.8 Å². The molecule has 0 N–H and O–H groups in total. The molecule has 0 saturated carbocycles. The van der Waals surface area contributed by atoms with E-state index in [1.165, 1.54) is 46.8 Å². The number of nitrogens with zero attached hydrogens (tertiary/aromatic N) is 4. The Balaban J connectivity index is 1.10. The molecule has 7 aromatic carbocycles. The third-order valence-electron chi connectivity index (χ3n) is 11.6. The van der Waals surface area contributed by atoms with Gasteiger partial charge in [-0.25, -0.2) is 9.97 Å². The van der Waals surface area contributed by atoms with Gasteiger partial charge in [0.05, 0.1) is 16.7 Å². The van der Waals surface area contributed by atoms with Crippen LogP contribution in [0.4, 0.5) is 0 Å². The lowest BCUT2D eigenvalue weighted by Crippen LogP contribution is -2.76. The molecule has 11 aromatic rings. The second-order valence-corrected chi connectivity index (χ2v) is 19.3. The molecule has 268 valence electrons. The van der Waals surface area contributed by atoms with Crippen molar-refractivity contribution >= 4 is 89.8 Å². The van der Waals surface area contributed by atoms with Gasteiger partial charge in [0.15, 0.2) is 8.07 Å². The van der Waals surface area contributed by atoms with Gasteiger partial charge in [-0.2, -0.15) is 0 Å². The van der Waals surface area contributed by atoms with Gasteiger partial charge in [-0.05, 0) is 86.8 Å². The molecule has 7 heteroatoms. The average molecular weight is 765 g/mol. The van der Waals surface area contributed by atoms with E-state index in [-0.39, 0.29) is 0 Å². The molecule has 0 aliphatic carbocycles. The van der Waals surface area contributed by atoms with Gasteiger partial charge >= 0.3 is 0 Å². The average Bonchev–Trinajstić information content (AvgIpc) is 3.91. The van der Waals surface area contributed by atoms with Gasteiger partial charge in [-0.15, -0.1) is 0 Å². The van der Waals surface area contributed by atoms with Crippen molar-refractivity contribution in [3.63, 3.8) is 0 Å². The number of rotatable bonds is 5. The summed E-state index contributed by atoms with van der Waals surface area (Å²) in [5.74, 6) is 1.50. The van der Waals surface area contributed by atoms with Crippen LogP contribution in [0, 0.1) is 0 Å². The SMILES string of the molecule is c1ccc([Si]2(c3ccccc3)c3ccccc3Sc3ccc4c5cccnc5n(-c5cccc(Oc6ccc7c8ccccc8n8ccnc8c7c6)c5)c4c32)cc1. The second kappa shape index (κ2) is 12.5. The summed E-state index contributed by atoms with van der Waals surface area (Å²) >= 11 is 1.88. The van der Waals surface area contributed by atoms with Crippen molar-refractivity contribution in [1.29, 1.82) is 0 Å². The molecule has 0 bridgehead atoms. The molecule has 57 heavy (non-hydrogen) atoms. The highest BCUT2D eigenvalue weighted by molar-refractivity contribution is 8.00. The largest absolute Gasteiger partial charge is 0.457 e.